The third-order valence-electron chi connectivity index (χ3n) is 2.02. The van der Waals surface area contributed by atoms with Gasteiger partial charge in [-0.1, -0.05) is 12.1 Å². The zero-order valence-electron chi connectivity index (χ0n) is 8.69. The Morgan fingerprint density at radius 1 is 1.67 bits per heavy atom. The molecular formula is C11H15NO2S. The maximum atomic E-state index is 10.5. The van der Waals surface area contributed by atoms with Crippen molar-refractivity contribution < 1.29 is 9.90 Å². The number of rotatable bonds is 6. The van der Waals surface area contributed by atoms with Crippen molar-refractivity contribution in [3.05, 3.63) is 34.0 Å². The molecule has 0 aliphatic rings. The van der Waals surface area contributed by atoms with E-state index in [1.54, 1.807) is 24.3 Å². The molecule has 0 saturated carbocycles. The van der Waals surface area contributed by atoms with E-state index in [1.807, 2.05) is 6.07 Å². The van der Waals surface area contributed by atoms with Crippen LogP contribution < -0.4 is 5.32 Å². The fraction of sp³-hybridized carbons (Fsp3) is 0.364. The largest absolute Gasteiger partial charge is 0.478 e. The van der Waals surface area contributed by atoms with Gasteiger partial charge in [-0.15, -0.1) is 11.3 Å². The van der Waals surface area contributed by atoms with E-state index in [0.717, 1.165) is 13.0 Å². The monoisotopic (exact) mass is 225 g/mol. The van der Waals surface area contributed by atoms with E-state index in [-0.39, 0.29) is 0 Å². The Morgan fingerprint density at radius 2 is 2.47 bits per heavy atom. The van der Waals surface area contributed by atoms with Gasteiger partial charge in [0.15, 0.2) is 0 Å². The normalized spacial score (nSPS) is 11.7. The van der Waals surface area contributed by atoms with Gasteiger partial charge in [0.05, 0.1) is 0 Å². The maximum absolute atomic E-state index is 10.5. The highest BCUT2D eigenvalue weighted by Gasteiger charge is 1.97. The predicted octanol–water partition coefficient (Wildman–Crippen LogP) is 1.91. The summed E-state index contributed by atoms with van der Waals surface area (Å²) in [5.41, 5.74) is 0.388. The highest BCUT2D eigenvalue weighted by Crippen LogP contribution is 2.07. The van der Waals surface area contributed by atoms with Gasteiger partial charge in [-0.3, -0.25) is 0 Å². The second kappa shape index (κ2) is 6.37. The van der Waals surface area contributed by atoms with Gasteiger partial charge in [-0.05, 0) is 24.8 Å². The molecule has 0 spiro atoms. The zero-order valence-corrected chi connectivity index (χ0v) is 9.51. The number of carbonyl (C=O) groups is 1. The molecule has 2 N–H and O–H groups in total. The smallest absolute Gasteiger partial charge is 0.330 e. The molecule has 1 aromatic rings. The molecule has 0 radical (unpaired) electrons. The summed E-state index contributed by atoms with van der Waals surface area (Å²) in [4.78, 5) is 11.8. The Balaban J connectivity index is 2.12. The first-order chi connectivity index (χ1) is 7.20. The van der Waals surface area contributed by atoms with Gasteiger partial charge in [0.1, 0.15) is 0 Å². The molecule has 1 heterocycles. The van der Waals surface area contributed by atoms with Crippen molar-refractivity contribution in [1.82, 2.24) is 5.32 Å². The standard InChI is InChI=1S/C11H15NO2S/c1-9(11(13)14)4-6-12-7-5-10-3-2-8-15-10/h2-4,8,12H,5-7H2,1H3,(H,13,14)/b9-4-. The van der Waals surface area contributed by atoms with Crippen LogP contribution in [-0.4, -0.2) is 24.2 Å². The number of nitrogens with one attached hydrogen (secondary N) is 1. The minimum absolute atomic E-state index is 0.388. The van der Waals surface area contributed by atoms with Gasteiger partial charge in [0.2, 0.25) is 0 Å². The van der Waals surface area contributed by atoms with Crippen molar-refractivity contribution >= 4 is 17.3 Å². The maximum Gasteiger partial charge on any atom is 0.330 e. The summed E-state index contributed by atoms with van der Waals surface area (Å²) in [6, 6.07) is 4.14. The molecule has 0 atom stereocenters. The predicted molar refractivity (Wildman–Crippen MR) is 62.3 cm³/mol. The van der Waals surface area contributed by atoms with Crippen LogP contribution in [0.4, 0.5) is 0 Å². The molecule has 1 aromatic heterocycles. The topological polar surface area (TPSA) is 49.3 Å². The number of carboxylic acid groups (broad SMARTS) is 1. The molecule has 0 aromatic carbocycles. The minimum atomic E-state index is -0.852. The lowest BCUT2D eigenvalue weighted by atomic mass is 10.3. The summed E-state index contributed by atoms with van der Waals surface area (Å²) in [5.74, 6) is -0.852. The highest BCUT2D eigenvalue weighted by molar-refractivity contribution is 7.09. The molecule has 0 saturated heterocycles. The molecular weight excluding hydrogens is 210 g/mol. The van der Waals surface area contributed by atoms with Crippen LogP contribution in [0.5, 0.6) is 0 Å². The lowest BCUT2D eigenvalue weighted by Crippen LogP contribution is -2.17. The Hall–Kier alpha value is -1.13. The lowest BCUT2D eigenvalue weighted by Gasteiger charge is -2.00. The molecule has 4 heteroatoms. The van der Waals surface area contributed by atoms with Crippen LogP contribution in [-0.2, 0) is 11.2 Å². The molecule has 15 heavy (non-hydrogen) atoms. The van der Waals surface area contributed by atoms with Gasteiger partial charge in [-0.25, -0.2) is 4.79 Å². The number of aliphatic carboxylic acids is 1. The van der Waals surface area contributed by atoms with E-state index < -0.39 is 5.97 Å². The van der Waals surface area contributed by atoms with Gasteiger partial charge < -0.3 is 10.4 Å². The molecule has 82 valence electrons. The fourth-order valence-electron chi connectivity index (χ4n) is 1.08. The average Bonchev–Trinajstić information content (AvgIpc) is 2.69. The Kier molecular flexibility index (Phi) is 5.07. The van der Waals surface area contributed by atoms with E-state index in [4.69, 9.17) is 5.11 Å². The third kappa shape index (κ3) is 4.76. The SMILES string of the molecule is C/C(=C/CNCCc1cccs1)C(=O)O. The van der Waals surface area contributed by atoms with E-state index in [9.17, 15) is 4.79 Å². The van der Waals surface area contributed by atoms with Crippen LogP contribution in [0.15, 0.2) is 29.2 Å². The molecule has 0 fully saturated rings. The molecule has 1 rings (SSSR count). The van der Waals surface area contributed by atoms with E-state index in [2.05, 4.69) is 16.8 Å². The third-order valence-corrected chi connectivity index (χ3v) is 2.95. The number of hydrogen-bond donors (Lipinski definition) is 2. The van der Waals surface area contributed by atoms with Gasteiger partial charge in [-0.2, -0.15) is 0 Å². The summed E-state index contributed by atoms with van der Waals surface area (Å²) in [7, 11) is 0. The first kappa shape index (κ1) is 11.9. The van der Waals surface area contributed by atoms with E-state index in [1.165, 1.54) is 4.88 Å². The van der Waals surface area contributed by atoms with Crippen LogP contribution in [0.2, 0.25) is 0 Å². The summed E-state index contributed by atoms with van der Waals surface area (Å²) in [6.07, 6.45) is 2.69. The molecule has 0 amide bonds. The quantitative estimate of drug-likeness (QED) is 0.574. The van der Waals surface area contributed by atoms with Crippen LogP contribution in [0.25, 0.3) is 0 Å². The van der Waals surface area contributed by atoms with Crippen LogP contribution in [0, 0.1) is 0 Å². The molecule has 0 unspecified atom stereocenters. The van der Waals surface area contributed by atoms with Crippen molar-refractivity contribution in [3.8, 4) is 0 Å². The average molecular weight is 225 g/mol. The van der Waals surface area contributed by atoms with Crippen molar-refractivity contribution in [2.75, 3.05) is 13.1 Å². The van der Waals surface area contributed by atoms with Gasteiger partial charge >= 0.3 is 5.97 Å². The first-order valence-electron chi connectivity index (χ1n) is 4.83. The summed E-state index contributed by atoms with van der Waals surface area (Å²) >= 11 is 1.74. The summed E-state index contributed by atoms with van der Waals surface area (Å²) in [6.45, 7) is 3.09. The Morgan fingerprint density at radius 3 is 3.07 bits per heavy atom. The van der Waals surface area contributed by atoms with Crippen molar-refractivity contribution in [1.29, 1.82) is 0 Å². The van der Waals surface area contributed by atoms with Gasteiger partial charge in [0.25, 0.3) is 0 Å². The van der Waals surface area contributed by atoms with Crippen LogP contribution in [0.3, 0.4) is 0 Å². The van der Waals surface area contributed by atoms with Crippen molar-refractivity contribution in [3.63, 3.8) is 0 Å². The Bertz CT molecular complexity index is 330. The van der Waals surface area contributed by atoms with Crippen LogP contribution in [0.1, 0.15) is 11.8 Å². The number of thiophene rings is 1. The summed E-state index contributed by atoms with van der Waals surface area (Å²) in [5, 5.41) is 13.8. The van der Waals surface area contributed by atoms with Crippen LogP contribution >= 0.6 is 11.3 Å². The lowest BCUT2D eigenvalue weighted by molar-refractivity contribution is -0.132. The molecule has 3 nitrogen and oxygen atoms in total. The highest BCUT2D eigenvalue weighted by atomic mass is 32.1. The molecule has 0 aliphatic heterocycles. The second-order valence-corrected chi connectivity index (χ2v) is 4.26. The first-order valence-corrected chi connectivity index (χ1v) is 5.71. The van der Waals surface area contributed by atoms with E-state index in [0.29, 0.717) is 12.1 Å². The van der Waals surface area contributed by atoms with Crippen molar-refractivity contribution in [2.24, 2.45) is 0 Å². The minimum Gasteiger partial charge on any atom is -0.478 e. The van der Waals surface area contributed by atoms with Crippen molar-refractivity contribution in [2.45, 2.75) is 13.3 Å². The fourth-order valence-corrected chi connectivity index (χ4v) is 1.79. The van der Waals surface area contributed by atoms with Gasteiger partial charge in [0, 0.05) is 23.5 Å². The Labute approximate surface area is 93.4 Å². The second-order valence-electron chi connectivity index (χ2n) is 3.23. The molecule has 0 bridgehead atoms. The number of carboxylic acids is 1. The zero-order chi connectivity index (χ0) is 11.1. The summed E-state index contributed by atoms with van der Waals surface area (Å²) < 4.78 is 0. The van der Waals surface area contributed by atoms with E-state index >= 15 is 0 Å². The number of hydrogen-bond acceptors (Lipinski definition) is 3. The molecule has 0 aliphatic carbocycles.